The van der Waals surface area contributed by atoms with Crippen LogP contribution in [0.4, 0.5) is 5.69 Å². The minimum Gasteiger partial charge on any atom is -0.318 e. The van der Waals surface area contributed by atoms with Gasteiger partial charge in [0.2, 0.25) is 5.82 Å². The van der Waals surface area contributed by atoms with Gasteiger partial charge in [-0.1, -0.05) is 63.4 Å². The standard InChI is InChI=1S/C22H15BrCl2N4O/c1-13-3-2-4-17(11-13)29-21(14-5-7-15(23)8-6-14)27-20(28-29)22(30)26-19-10-9-16(24)12-18(19)25/h2-12H,1H3,(H,26,30). The van der Waals surface area contributed by atoms with Gasteiger partial charge in [-0.15, -0.1) is 5.10 Å². The maximum absolute atomic E-state index is 12.9. The first kappa shape index (κ1) is 20.6. The number of aryl methyl sites for hydroxylation is 1. The molecular formula is C22H15BrCl2N4O. The van der Waals surface area contributed by atoms with Crippen LogP contribution < -0.4 is 5.32 Å². The highest BCUT2D eigenvalue weighted by Crippen LogP contribution is 2.27. The van der Waals surface area contributed by atoms with Crippen molar-refractivity contribution in [2.24, 2.45) is 0 Å². The number of benzene rings is 3. The molecule has 3 aromatic carbocycles. The van der Waals surface area contributed by atoms with Crippen molar-refractivity contribution in [3.8, 4) is 17.1 Å². The van der Waals surface area contributed by atoms with Gasteiger partial charge in [0.25, 0.3) is 5.91 Å². The van der Waals surface area contributed by atoms with Crippen LogP contribution in [-0.4, -0.2) is 20.7 Å². The first-order chi connectivity index (χ1) is 14.4. The number of hydrogen-bond acceptors (Lipinski definition) is 3. The summed E-state index contributed by atoms with van der Waals surface area (Å²) in [5.41, 5.74) is 3.15. The van der Waals surface area contributed by atoms with Gasteiger partial charge in [0, 0.05) is 15.1 Å². The van der Waals surface area contributed by atoms with E-state index in [0.29, 0.717) is 21.6 Å². The molecule has 0 saturated carbocycles. The molecule has 0 aliphatic carbocycles. The second-order valence-corrected chi connectivity index (χ2v) is 8.35. The molecule has 0 unspecified atom stereocenters. The number of carbonyl (C=O) groups excluding carboxylic acids is 1. The molecule has 0 saturated heterocycles. The number of amides is 1. The van der Waals surface area contributed by atoms with Crippen LogP contribution in [0.3, 0.4) is 0 Å². The summed E-state index contributed by atoms with van der Waals surface area (Å²) < 4.78 is 2.61. The third-order valence-corrected chi connectivity index (χ3v) is 5.41. The lowest BCUT2D eigenvalue weighted by molar-refractivity contribution is 0.101. The van der Waals surface area contributed by atoms with Crippen molar-refractivity contribution < 1.29 is 4.79 Å². The van der Waals surface area contributed by atoms with Gasteiger partial charge in [0.15, 0.2) is 5.82 Å². The lowest BCUT2D eigenvalue weighted by Crippen LogP contribution is -2.14. The van der Waals surface area contributed by atoms with Gasteiger partial charge in [-0.05, 0) is 55.0 Å². The predicted molar refractivity (Wildman–Crippen MR) is 124 cm³/mol. The van der Waals surface area contributed by atoms with Gasteiger partial charge in [-0.3, -0.25) is 4.79 Å². The predicted octanol–water partition coefficient (Wildman–Crippen LogP) is 6.56. The molecule has 0 fully saturated rings. The van der Waals surface area contributed by atoms with Crippen LogP contribution in [-0.2, 0) is 0 Å². The van der Waals surface area contributed by atoms with E-state index in [4.69, 9.17) is 23.2 Å². The highest BCUT2D eigenvalue weighted by Gasteiger charge is 2.20. The lowest BCUT2D eigenvalue weighted by atomic mass is 10.2. The van der Waals surface area contributed by atoms with Crippen molar-refractivity contribution in [3.63, 3.8) is 0 Å². The number of aromatic nitrogens is 3. The molecule has 1 heterocycles. The SMILES string of the molecule is Cc1cccc(-n2nc(C(=O)Nc3ccc(Cl)cc3Cl)nc2-c2ccc(Br)cc2)c1. The van der Waals surface area contributed by atoms with Gasteiger partial charge >= 0.3 is 0 Å². The molecule has 1 amide bonds. The van der Waals surface area contributed by atoms with E-state index in [1.165, 1.54) is 0 Å². The van der Waals surface area contributed by atoms with Crippen LogP contribution in [0.5, 0.6) is 0 Å². The molecule has 0 aliphatic heterocycles. The van der Waals surface area contributed by atoms with Crippen LogP contribution in [0, 0.1) is 6.92 Å². The quantitative estimate of drug-likeness (QED) is 0.344. The van der Waals surface area contributed by atoms with E-state index in [0.717, 1.165) is 21.3 Å². The molecule has 0 bridgehead atoms. The monoisotopic (exact) mass is 500 g/mol. The summed E-state index contributed by atoms with van der Waals surface area (Å²) in [7, 11) is 0. The van der Waals surface area contributed by atoms with E-state index in [1.807, 2.05) is 55.5 Å². The molecule has 1 aromatic heterocycles. The second-order valence-electron chi connectivity index (χ2n) is 6.60. The Morgan fingerprint density at radius 1 is 1.03 bits per heavy atom. The molecule has 30 heavy (non-hydrogen) atoms. The first-order valence-corrected chi connectivity index (χ1v) is 10.5. The Kier molecular flexibility index (Phi) is 5.90. The number of carbonyl (C=O) groups is 1. The molecule has 4 rings (SSSR count). The van der Waals surface area contributed by atoms with E-state index < -0.39 is 5.91 Å². The number of halogens is 3. The van der Waals surface area contributed by atoms with Crippen LogP contribution in [0.15, 0.2) is 71.2 Å². The maximum atomic E-state index is 12.9. The van der Waals surface area contributed by atoms with Crippen LogP contribution >= 0.6 is 39.1 Å². The summed E-state index contributed by atoms with van der Waals surface area (Å²) >= 11 is 15.5. The fourth-order valence-electron chi connectivity index (χ4n) is 2.90. The van der Waals surface area contributed by atoms with Crippen molar-refractivity contribution >= 4 is 50.7 Å². The van der Waals surface area contributed by atoms with E-state index >= 15 is 0 Å². The third kappa shape index (κ3) is 4.41. The molecule has 8 heteroatoms. The molecule has 1 N–H and O–H groups in total. The highest BCUT2D eigenvalue weighted by atomic mass is 79.9. The van der Waals surface area contributed by atoms with Gasteiger partial charge in [0.05, 0.1) is 16.4 Å². The summed E-state index contributed by atoms with van der Waals surface area (Å²) in [5, 5.41) is 8.04. The van der Waals surface area contributed by atoms with Crippen molar-refractivity contribution in [2.75, 3.05) is 5.32 Å². The lowest BCUT2D eigenvalue weighted by Gasteiger charge is -2.07. The number of nitrogens with zero attached hydrogens (tertiary/aromatic N) is 3. The molecule has 0 radical (unpaired) electrons. The molecule has 0 spiro atoms. The molecule has 0 atom stereocenters. The highest BCUT2D eigenvalue weighted by molar-refractivity contribution is 9.10. The maximum Gasteiger partial charge on any atom is 0.295 e. The Bertz CT molecular complexity index is 1240. The number of hydrogen-bond donors (Lipinski definition) is 1. The minimum atomic E-state index is -0.469. The zero-order valence-electron chi connectivity index (χ0n) is 15.7. The summed E-state index contributed by atoms with van der Waals surface area (Å²) in [5.74, 6) is 0.116. The zero-order valence-corrected chi connectivity index (χ0v) is 18.8. The van der Waals surface area contributed by atoms with Crippen molar-refractivity contribution in [1.82, 2.24) is 14.8 Å². The van der Waals surface area contributed by atoms with E-state index in [9.17, 15) is 4.79 Å². The first-order valence-electron chi connectivity index (χ1n) is 8.97. The van der Waals surface area contributed by atoms with Crippen molar-refractivity contribution in [1.29, 1.82) is 0 Å². The van der Waals surface area contributed by atoms with E-state index in [-0.39, 0.29) is 5.82 Å². The summed E-state index contributed by atoms with van der Waals surface area (Å²) in [4.78, 5) is 17.4. The Morgan fingerprint density at radius 2 is 1.80 bits per heavy atom. The normalized spacial score (nSPS) is 10.8. The largest absolute Gasteiger partial charge is 0.318 e. The second kappa shape index (κ2) is 8.60. The average Bonchev–Trinajstić information content (AvgIpc) is 3.16. The van der Waals surface area contributed by atoms with Gasteiger partial charge < -0.3 is 5.32 Å². The average molecular weight is 502 g/mol. The molecule has 4 aromatic rings. The molecule has 150 valence electrons. The van der Waals surface area contributed by atoms with Crippen molar-refractivity contribution in [3.05, 3.63) is 92.6 Å². The Labute approximate surface area is 191 Å². The van der Waals surface area contributed by atoms with E-state index in [1.54, 1.807) is 22.9 Å². The number of nitrogens with one attached hydrogen (secondary N) is 1. The Balaban J connectivity index is 1.76. The fourth-order valence-corrected chi connectivity index (χ4v) is 3.62. The van der Waals surface area contributed by atoms with Gasteiger partial charge in [-0.2, -0.15) is 0 Å². The van der Waals surface area contributed by atoms with Crippen LogP contribution in [0.2, 0.25) is 10.0 Å². The molecule has 5 nitrogen and oxygen atoms in total. The van der Waals surface area contributed by atoms with E-state index in [2.05, 4.69) is 31.3 Å². The minimum absolute atomic E-state index is 0.0282. The van der Waals surface area contributed by atoms with Gasteiger partial charge in [0.1, 0.15) is 0 Å². The number of rotatable bonds is 4. The summed E-state index contributed by atoms with van der Waals surface area (Å²) in [6, 6.07) is 20.3. The topological polar surface area (TPSA) is 59.8 Å². The third-order valence-electron chi connectivity index (χ3n) is 4.34. The Morgan fingerprint density at radius 3 is 2.50 bits per heavy atom. The van der Waals surface area contributed by atoms with Gasteiger partial charge in [-0.25, -0.2) is 9.67 Å². The Hall–Kier alpha value is -2.67. The summed E-state index contributed by atoms with van der Waals surface area (Å²) in [6.45, 7) is 2.00. The number of anilines is 1. The molecular weight excluding hydrogens is 487 g/mol. The van der Waals surface area contributed by atoms with Crippen LogP contribution in [0.1, 0.15) is 16.2 Å². The van der Waals surface area contributed by atoms with Crippen molar-refractivity contribution in [2.45, 2.75) is 6.92 Å². The zero-order chi connectivity index (χ0) is 21.3. The summed E-state index contributed by atoms with van der Waals surface area (Å²) in [6.07, 6.45) is 0. The van der Waals surface area contributed by atoms with Crippen LogP contribution in [0.25, 0.3) is 17.1 Å². The smallest absolute Gasteiger partial charge is 0.295 e. The molecule has 0 aliphatic rings. The fraction of sp³-hybridized carbons (Fsp3) is 0.0455.